The number of nitrogens with one attached hydrogen (secondary N) is 2. The summed E-state index contributed by atoms with van der Waals surface area (Å²) in [6, 6.07) is 6.88. The molecule has 0 saturated heterocycles. The number of aromatic nitrogens is 3. The van der Waals surface area contributed by atoms with Gasteiger partial charge in [0.15, 0.2) is 11.1 Å². The summed E-state index contributed by atoms with van der Waals surface area (Å²) in [6.07, 6.45) is 9.10. The molecular formula is C23H36N6OS. The first-order chi connectivity index (χ1) is 15.2. The van der Waals surface area contributed by atoms with E-state index in [1.54, 1.807) is 18.8 Å². The first-order valence-corrected chi connectivity index (χ1v) is 12.5. The Kier molecular flexibility index (Phi) is 9.06. The number of aryl methyl sites for hydroxylation is 2. The highest BCUT2D eigenvalue weighted by molar-refractivity contribution is 7.98. The minimum absolute atomic E-state index is 0.573. The van der Waals surface area contributed by atoms with Crippen molar-refractivity contribution in [3.8, 4) is 5.75 Å². The van der Waals surface area contributed by atoms with Crippen LogP contribution in [0, 0.1) is 6.92 Å². The van der Waals surface area contributed by atoms with Gasteiger partial charge in [0.2, 0.25) is 0 Å². The van der Waals surface area contributed by atoms with Gasteiger partial charge in [0.1, 0.15) is 11.6 Å². The molecule has 0 radical (unpaired) electrons. The summed E-state index contributed by atoms with van der Waals surface area (Å²) in [6.45, 7) is 6.25. The van der Waals surface area contributed by atoms with Crippen molar-refractivity contribution < 1.29 is 4.74 Å². The van der Waals surface area contributed by atoms with E-state index >= 15 is 0 Å². The van der Waals surface area contributed by atoms with E-state index in [0.717, 1.165) is 47.6 Å². The molecule has 0 atom stereocenters. The number of hydrogen-bond acceptors (Lipinski definition) is 5. The Labute approximate surface area is 190 Å². The minimum Gasteiger partial charge on any atom is -0.494 e. The number of aliphatic imine (C=N–C) groups is 1. The van der Waals surface area contributed by atoms with Crippen LogP contribution in [0.4, 0.5) is 0 Å². The van der Waals surface area contributed by atoms with Crippen LogP contribution in [0.5, 0.6) is 5.75 Å². The van der Waals surface area contributed by atoms with Crippen molar-refractivity contribution in [1.82, 2.24) is 25.4 Å². The largest absolute Gasteiger partial charge is 0.494 e. The van der Waals surface area contributed by atoms with Crippen LogP contribution < -0.4 is 15.4 Å². The molecule has 1 aliphatic rings. The van der Waals surface area contributed by atoms with Crippen molar-refractivity contribution >= 4 is 17.7 Å². The topological polar surface area (TPSA) is 76.4 Å². The van der Waals surface area contributed by atoms with E-state index in [4.69, 9.17) is 4.74 Å². The summed E-state index contributed by atoms with van der Waals surface area (Å²) in [5.41, 5.74) is 2.33. The first-order valence-electron chi connectivity index (χ1n) is 11.3. The Morgan fingerprint density at radius 1 is 1.26 bits per heavy atom. The lowest BCUT2D eigenvalue weighted by Gasteiger charge is -2.17. The Balaban J connectivity index is 1.49. The van der Waals surface area contributed by atoms with Gasteiger partial charge in [-0.15, -0.1) is 10.2 Å². The fourth-order valence-corrected chi connectivity index (χ4v) is 4.67. The third-order valence-corrected chi connectivity index (χ3v) is 6.31. The molecule has 3 rings (SSSR count). The third-order valence-electron chi connectivity index (χ3n) is 5.67. The van der Waals surface area contributed by atoms with Gasteiger partial charge < -0.3 is 19.9 Å². The quantitative estimate of drug-likeness (QED) is 0.248. The van der Waals surface area contributed by atoms with Gasteiger partial charge in [-0.2, -0.15) is 0 Å². The van der Waals surface area contributed by atoms with Crippen molar-refractivity contribution in [2.24, 2.45) is 4.99 Å². The van der Waals surface area contributed by atoms with Crippen LogP contribution in [-0.4, -0.2) is 47.2 Å². The Bertz CT molecular complexity index is 860. The molecule has 0 amide bonds. The molecule has 0 bridgehead atoms. The second-order valence-electron chi connectivity index (χ2n) is 7.91. The summed E-state index contributed by atoms with van der Waals surface area (Å²) >= 11 is 1.70. The molecule has 0 unspecified atom stereocenters. The Hall–Kier alpha value is -2.22. The molecule has 1 fully saturated rings. The molecule has 170 valence electrons. The number of thioether (sulfide) groups is 1. The normalized spacial score (nSPS) is 14.8. The highest BCUT2D eigenvalue weighted by Gasteiger charge is 2.23. The first kappa shape index (κ1) is 23.4. The minimum atomic E-state index is 0.573. The summed E-state index contributed by atoms with van der Waals surface area (Å²) in [7, 11) is 1.80. The standard InChI is InChI=1S/C23H36N6OS/c1-5-30-20-15-17(2)12-13-18(20)16-26-22(24-3)25-14-8-11-21-27-28-23(31-4)29(21)19-9-6-7-10-19/h12-13,15,19H,5-11,14,16H2,1-4H3,(H2,24,25,26). The molecular weight excluding hydrogens is 408 g/mol. The molecule has 7 nitrogen and oxygen atoms in total. The average Bonchev–Trinajstić information content (AvgIpc) is 3.44. The van der Waals surface area contributed by atoms with Crippen molar-refractivity contribution in [1.29, 1.82) is 0 Å². The van der Waals surface area contributed by atoms with Crippen molar-refractivity contribution in [2.75, 3.05) is 26.5 Å². The lowest BCUT2D eigenvalue weighted by molar-refractivity contribution is 0.336. The number of guanidine groups is 1. The van der Waals surface area contributed by atoms with Gasteiger partial charge in [0.25, 0.3) is 0 Å². The average molecular weight is 445 g/mol. The van der Waals surface area contributed by atoms with Crippen molar-refractivity contribution in [3.05, 3.63) is 35.2 Å². The van der Waals surface area contributed by atoms with Gasteiger partial charge in [-0.05, 0) is 51.0 Å². The molecule has 1 aliphatic carbocycles. The zero-order chi connectivity index (χ0) is 22.1. The summed E-state index contributed by atoms with van der Waals surface area (Å²) < 4.78 is 8.16. The van der Waals surface area contributed by atoms with Gasteiger partial charge in [-0.25, -0.2) is 0 Å². The van der Waals surface area contributed by atoms with E-state index in [0.29, 0.717) is 19.2 Å². The second kappa shape index (κ2) is 12.0. The summed E-state index contributed by atoms with van der Waals surface area (Å²) in [5.74, 6) is 2.84. The van der Waals surface area contributed by atoms with Crippen LogP contribution in [0.25, 0.3) is 0 Å². The molecule has 2 aromatic rings. The summed E-state index contributed by atoms with van der Waals surface area (Å²) in [4.78, 5) is 4.36. The van der Waals surface area contributed by atoms with Gasteiger partial charge >= 0.3 is 0 Å². The molecule has 8 heteroatoms. The molecule has 1 saturated carbocycles. The Morgan fingerprint density at radius 2 is 2.06 bits per heavy atom. The van der Waals surface area contributed by atoms with Gasteiger partial charge in [0, 0.05) is 38.2 Å². The van der Waals surface area contributed by atoms with Crippen LogP contribution in [0.2, 0.25) is 0 Å². The van der Waals surface area contributed by atoms with Crippen LogP contribution in [0.1, 0.15) is 62.0 Å². The van der Waals surface area contributed by atoms with E-state index in [1.807, 2.05) is 6.92 Å². The fourth-order valence-electron chi connectivity index (χ4n) is 4.10. The highest BCUT2D eigenvalue weighted by atomic mass is 32.2. The maximum absolute atomic E-state index is 5.78. The van der Waals surface area contributed by atoms with E-state index in [9.17, 15) is 0 Å². The number of benzene rings is 1. The zero-order valence-corrected chi connectivity index (χ0v) is 20.1. The second-order valence-corrected chi connectivity index (χ2v) is 8.68. The maximum Gasteiger partial charge on any atom is 0.191 e. The molecule has 1 aromatic heterocycles. The van der Waals surface area contributed by atoms with Gasteiger partial charge in [0.05, 0.1) is 6.61 Å². The van der Waals surface area contributed by atoms with Crippen molar-refractivity contribution in [3.63, 3.8) is 0 Å². The number of rotatable bonds is 10. The van der Waals surface area contributed by atoms with Crippen LogP contribution in [0.3, 0.4) is 0 Å². The molecule has 2 N–H and O–H groups in total. The van der Waals surface area contributed by atoms with Crippen LogP contribution in [-0.2, 0) is 13.0 Å². The van der Waals surface area contributed by atoms with E-state index in [2.05, 4.69) is 61.8 Å². The SMILES string of the molecule is CCOc1cc(C)ccc1CNC(=NC)NCCCc1nnc(SC)n1C1CCCC1. The molecule has 0 aliphatic heterocycles. The zero-order valence-electron chi connectivity index (χ0n) is 19.3. The molecule has 1 heterocycles. The van der Waals surface area contributed by atoms with Gasteiger partial charge in [-0.3, -0.25) is 4.99 Å². The van der Waals surface area contributed by atoms with Crippen LogP contribution >= 0.6 is 11.8 Å². The van der Waals surface area contributed by atoms with E-state index < -0.39 is 0 Å². The number of nitrogens with zero attached hydrogens (tertiary/aromatic N) is 4. The molecule has 0 spiro atoms. The lowest BCUT2D eigenvalue weighted by Crippen LogP contribution is -2.37. The summed E-state index contributed by atoms with van der Waals surface area (Å²) in [5, 5.41) is 16.8. The van der Waals surface area contributed by atoms with E-state index in [-0.39, 0.29) is 0 Å². The van der Waals surface area contributed by atoms with E-state index in [1.165, 1.54) is 31.2 Å². The molecule has 1 aromatic carbocycles. The fraction of sp³-hybridized carbons (Fsp3) is 0.609. The smallest absolute Gasteiger partial charge is 0.191 e. The maximum atomic E-state index is 5.78. The number of ether oxygens (including phenoxy) is 1. The Morgan fingerprint density at radius 3 is 2.77 bits per heavy atom. The third kappa shape index (κ3) is 6.38. The molecule has 31 heavy (non-hydrogen) atoms. The predicted molar refractivity (Wildman–Crippen MR) is 128 cm³/mol. The highest BCUT2D eigenvalue weighted by Crippen LogP contribution is 2.33. The monoisotopic (exact) mass is 444 g/mol. The number of hydrogen-bond donors (Lipinski definition) is 2. The van der Waals surface area contributed by atoms with Gasteiger partial charge in [-0.1, -0.05) is 36.7 Å². The van der Waals surface area contributed by atoms with Crippen LogP contribution in [0.15, 0.2) is 28.3 Å². The van der Waals surface area contributed by atoms with Crippen molar-refractivity contribution in [2.45, 2.75) is 70.1 Å². The lowest BCUT2D eigenvalue weighted by atomic mass is 10.1. The predicted octanol–water partition coefficient (Wildman–Crippen LogP) is 4.12.